The van der Waals surface area contributed by atoms with Gasteiger partial charge in [-0.05, 0) is 36.6 Å². The lowest BCUT2D eigenvalue weighted by molar-refractivity contribution is 0.0984. The highest BCUT2D eigenvalue weighted by molar-refractivity contribution is 6.06. The van der Waals surface area contributed by atoms with Gasteiger partial charge in [0, 0.05) is 30.3 Å². The molecule has 1 aliphatic heterocycles. The van der Waals surface area contributed by atoms with Gasteiger partial charge in [-0.1, -0.05) is 36.4 Å². The van der Waals surface area contributed by atoms with Crippen molar-refractivity contribution in [1.29, 1.82) is 0 Å². The van der Waals surface area contributed by atoms with E-state index >= 15 is 0 Å². The highest BCUT2D eigenvalue weighted by Crippen LogP contribution is 2.28. The smallest absolute Gasteiger partial charge is 0.261 e. The summed E-state index contributed by atoms with van der Waals surface area (Å²) in [6, 6.07) is 17.8. The number of hydrogen-bond donors (Lipinski definition) is 1. The van der Waals surface area contributed by atoms with Crippen LogP contribution in [0.5, 0.6) is 0 Å². The van der Waals surface area contributed by atoms with Crippen molar-refractivity contribution in [2.24, 2.45) is 0 Å². The summed E-state index contributed by atoms with van der Waals surface area (Å²) in [5.74, 6) is 0.417. The number of aryl methyl sites for hydroxylation is 1. The lowest BCUT2D eigenvalue weighted by Gasteiger charge is -2.29. The highest BCUT2D eigenvalue weighted by Gasteiger charge is 2.23. The molecule has 1 aromatic heterocycles. The molecule has 0 unspecified atom stereocenters. The average molecular weight is 330 g/mol. The number of para-hydroxylation sites is 2. The number of aromatic nitrogens is 2. The Hall–Kier alpha value is -3.21. The van der Waals surface area contributed by atoms with Gasteiger partial charge in [-0.3, -0.25) is 4.79 Å². The molecule has 1 aliphatic rings. The van der Waals surface area contributed by atoms with Gasteiger partial charge in [-0.2, -0.15) is 0 Å². The summed E-state index contributed by atoms with van der Waals surface area (Å²) in [6.45, 7) is 0.722. The van der Waals surface area contributed by atoms with Gasteiger partial charge in [0.15, 0.2) is 0 Å². The average Bonchev–Trinajstić information content (AvgIpc) is 2.68. The molecule has 0 spiro atoms. The number of nitrogens with one attached hydrogen (secondary N) is 1. The Morgan fingerprint density at radius 3 is 2.48 bits per heavy atom. The predicted molar refractivity (Wildman–Crippen MR) is 98.2 cm³/mol. The number of rotatable bonds is 3. The number of anilines is 3. The molecule has 25 heavy (non-hydrogen) atoms. The Kier molecular flexibility index (Phi) is 4.12. The Labute approximate surface area is 146 Å². The van der Waals surface area contributed by atoms with Gasteiger partial charge in [0.05, 0.1) is 5.56 Å². The van der Waals surface area contributed by atoms with Gasteiger partial charge in [0.1, 0.15) is 0 Å². The van der Waals surface area contributed by atoms with Crippen molar-refractivity contribution in [1.82, 2.24) is 9.97 Å². The minimum atomic E-state index is -0.0570. The fraction of sp³-hybridized carbons (Fsp3) is 0.150. The summed E-state index contributed by atoms with van der Waals surface area (Å²) >= 11 is 0. The van der Waals surface area contributed by atoms with Crippen LogP contribution in [0.25, 0.3) is 0 Å². The van der Waals surface area contributed by atoms with Crippen molar-refractivity contribution < 1.29 is 4.79 Å². The third-order valence-corrected chi connectivity index (χ3v) is 4.28. The number of nitrogens with zero attached hydrogens (tertiary/aromatic N) is 3. The first kappa shape index (κ1) is 15.3. The van der Waals surface area contributed by atoms with Crippen molar-refractivity contribution in [3.8, 4) is 0 Å². The van der Waals surface area contributed by atoms with Crippen molar-refractivity contribution in [3.05, 3.63) is 78.1 Å². The fourth-order valence-corrected chi connectivity index (χ4v) is 3.05. The zero-order chi connectivity index (χ0) is 17.1. The molecule has 4 rings (SSSR count). The Morgan fingerprint density at radius 2 is 1.68 bits per heavy atom. The van der Waals surface area contributed by atoms with Crippen LogP contribution in [0.2, 0.25) is 0 Å². The molecule has 124 valence electrons. The molecule has 0 saturated heterocycles. The molecule has 2 aromatic carbocycles. The van der Waals surface area contributed by atoms with E-state index in [1.165, 1.54) is 5.56 Å². The van der Waals surface area contributed by atoms with Crippen molar-refractivity contribution in [3.63, 3.8) is 0 Å². The molecule has 5 nitrogen and oxygen atoms in total. The van der Waals surface area contributed by atoms with E-state index in [1.807, 2.05) is 53.4 Å². The summed E-state index contributed by atoms with van der Waals surface area (Å²) in [4.78, 5) is 23.2. The molecule has 0 saturated carbocycles. The van der Waals surface area contributed by atoms with E-state index in [9.17, 15) is 4.79 Å². The van der Waals surface area contributed by atoms with Crippen LogP contribution in [-0.4, -0.2) is 22.4 Å². The molecule has 0 bridgehead atoms. The van der Waals surface area contributed by atoms with E-state index in [0.717, 1.165) is 30.8 Å². The number of benzene rings is 2. The van der Waals surface area contributed by atoms with E-state index in [4.69, 9.17) is 0 Å². The van der Waals surface area contributed by atoms with Crippen LogP contribution >= 0.6 is 0 Å². The van der Waals surface area contributed by atoms with E-state index in [-0.39, 0.29) is 5.91 Å². The SMILES string of the molecule is O=C(c1cnc(Nc2ccccc2)nc1)N1CCCc2ccccc21. The Morgan fingerprint density at radius 1 is 0.960 bits per heavy atom. The molecule has 0 radical (unpaired) electrons. The van der Waals surface area contributed by atoms with Crippen molar-refractivity contribution >= 4 is 23.2 Å². The lowest BCUT2D eigenvalue weighted by atomic mass is 10.0. The normalized spacial score (nSPS) is 13.2. The summed E-state index contributed by atoms with van der Waals surface area (Å²) < 4.78 is 0. The predicted octanol–water partition coefficient (Wildman–Crippen LogP) is 3.81. The molecule has 2 heterocycles. The van der Waals surface area contributed by atoms with Gasteiger partial charge in [0.25, 0.3) is 5.91 Å². The second kappa shape index (κ2) is 6.73. The van der Waals surface area contributed by atoms with E-state index < -0.39 is 0 Å². The first-order chi connectivity index (χ1) is 12.3. The molecule has 1 amide bonds. The fourth-order valence-electron chi connectivity index (χ4n) is 3.05. The summed E-state index contributed by atoms with van der Waals surface area (Å²) in [6.07, 6.45) is 5.14. The molecular formula is C20H18N4O. The third-order valence-electron chi connectivity index (χ3n) is 4.28. The molecule has 5 heteroatoms. The van der Waals surface area contributed by atoms with Crippen molar-refractivity contribution in [2.45, 2.75) is 12.8 Å². The standard InChI is InChI=1S/C20H18N4O/c25-19(24-12-6-8-15-7-4-5-11-18(15)24)16-13-21-20(22-14-16)23-17-9-2-1-3-10-17/h1-5,7,9-11,13-14H,6,8,12H2,(H,21,22,23). The maximum absolute atomic E-state index is 12.9. The summed E-state index contributed by atoms with van der Waals surface area (Å²) in [5.41, 5.74) is 3.61. The van der Waals surface area contributed by atoms with Gasteiger partial charge < -0.3 is 10.2 Å². The van der Waals surface area contributed by atoms with Crippen LogP contribution in [-0.2, 0) is 6.42 Å². The maximum atomic E-state index is 12.9. The molecule has 0 aliphatic carbocycles. The molecule has 1 N–H and O–H groups in total. The largest absolute Gasteiger partial charge is 0.324 e. The molecular weight excluding hydrogens is 312 g/mol. The van der Waals surface area contributed by atoms with Gasteiger partial charge in [-0.25, -0.2) is 9.97 Å². The minimum Gasteiger partial charge on any atom is -0.324 e. The van der Waals surface area contributed by atoms with E-state index in [0.29, 0.717) is 11.5 Å². The van der Waals surface area contributed by atoms with Crippen LogP contribution in [0.15, 0.2) is 67.0 Å². The number of carbonyl (C=O) groups is 1. The molecule has 3 aromatic rings. The van der Waals surface area contributed by atoms with Crippen LogP contribution < -0.4 is 10.2 Å². The van der Waals surface area contributed by atoms with E-state index in [2.05, 4.69) is 21.4 Å². The lowest BCUT2D eigenvalue weighted by Crippen LogP contribution is -2.35. The van der Waals surface area contributed by atoms with Crippen LogP contribution in [0.3, 0.4) is 0 Å². The second-order valence-electron chi connectivity index (χ2n) is 5.98. The first-order valence-corrected chi connectivity index (χ1v) is 8.35. The number of hydrogen-bond acceptors (Lipinski definition) is 4. The zero-order valence-corrected chi connectivity index (χ0v) is 13.7. The first-order valence-electron chi connectivity index (χ1n) is 8.35. The molecule has 0 fully saturated rings. The minimum absolute atomic E-state index is 0.0570. The quantitative estimate of drug-likeness (QED) is 0.793. The van der Waals surface area contributed by atoms with Crippen LogP contribution in [0.4, 0.5) is 17.3 Å². The second-order valence-corrected chi connectivity index (χ2v) is 5.98. The molecule has 0 atom stereocenters. The monoisotopic (exact) mass is 330 g/mol. The number of carbonyl (C=O) groups excluding carboxylic acids is 1. The summed E-state index contributed by atoms with van der Waals surface area (Å²) in [5, 5.41) is 3.12. The van der Waals surface area contributed by atoms with Gasteiger partial charge in [-0.15, -0.1) is 0 Å². The topological polar surface area (TPSA) is 58.1 Å². The number of fused-ring (bicyclic) bond motifs is 1. The van der Waals surface area contributed by atoms with Gasteiger partial charge in [0.2, 0.25) is 5.95 Å². The third kappa shape index (κ3) is 3.21. The summed E-state index contributed by atoms with van der Waals surface area (Å²) in [7, 11) is 0. The van der Waals surface area contributed by atoms with Crippen molar-refractivity contribution in [2.75, 3.05) is 16.8 Å². The number of amides is 1. The zero-order valence-electron chi connectivity index (χ0n) is 13.7. The maximum Gasteiger partial charge on any atom is 0.261 e. The Balaban J connectivity index is 1.54. The highest BCUT2D eigenvalue weighted by atomic mass is 16.2. The van der Waals surface area contributed by atoms with Gasteiger partial charge >= 0.3 is 0 Å². The Bertz CT molecular complexity index is 878. The van der Waals surface area contributed by atoms with Crippen LogP contribution in [0.1, 0.15) is 22.3 Å². The van der Waals surface area contributed by atoms with Crippen LogP contribution in [0, 0.1) is 0 Å². The van der Waals surface area contributed by atoms with E-state index in [1.54, 1.807) is 12.4 Å².